The number of benzene rings is 2. The van der Waals surface area contributed by atoms with Crippen LogP contribution < -0.4 is 5.32 Å². The third kappa shape index (κ3) is 4.99. The Labute approximate surface area is 200 Å². The van der Waals surface area contributed by atoms with Crippen LogP contribution in [0, 0.1) is 11.8 Å². The van der Waals surface area contributed by atoms with Crippen molar-refractivity contribution in [2.75, 3.05) is 26.3 Å². The Morgan fingerprint density at radius 2 is 1.65 bits per heavy atom. The summed E-state index contributed by atoms with van der Waals surface area (Å²) in [7, 11) is 0. The largest absolute Gasteiger partial charge is 0.356 e. The molecule has 0 bridgehead atoms. The van der Waals surface area contributed by atoms with E-state index in [4.69, 9.17) is 0 Å². The third-order valence-electron chi connectivity index (χ3n) is 7.08. The van der Waals surface area contributed by atoms with Crippen LogP contribution in [-0.2, 0) is 16.1 Å². The molecule has 3 aliphatic rings. The van der Waals surface area contributed by atoms with Crippen LogP contribution >= 0.6 is 0 Å². The molecule has 0 aromatic heterocycles. The predicted octanol–water partition coefficient (Wildman–Crippen LogP) is 3.39. The Bertz CT molecular complexity index is 1020. The van der Waals surface area contributed by atoms with Crippen molar-refractivity contribution in [3.8, 4) is 0 Å². The first-order valence-corrected chi connectivity index (χ1v) is 12.3. The van der Waals surface area contributed by atoms with E-state index < -0.39 is 6.04 Å². The maximum Gasteiger partial charge on any atom is 0.329 e. The van der Waals surface area contributed by atoms with Crippen LogP contribution in [0.3, 0.4) is 0 Å². The standard InChI is InChI=1S/C27H32N4O3/c32-25(28-16-20-13-14-20)23-12-7-15-29(18-23)19-31-26(33)24(22-10-5-2-6-11-22)30(27(31)34)17-21-8-3-1-4-9-21/h1-6,8-11,20,23-24H,7,12-19H2,(H,28,32). The number of hydrogen-bond acceptors (Lipinski definition) is 4. The SMILES string of the molecule is O=C(NCC1CC1)C1CCCN(CN2C(=O)C(c3ccccc3)N(Cc3ccccc3)C2=O)C1. The van der Waals surface area contributed by atoms with Gasteiger partial charge in [0.05, 0.1) is 12.6 Å². The number of carbonyl (C=O) groups is 3. The van der Waals surface area contributed by atoms with E-state index in [0.717, 1.165) is 37.1 Å². The van der Waals surface area contributed by atoms with Gasteiger partial charge in [-0.2, -0.15) is 0 Å². The van der Waals surface area contributed by atoms with Gasteiger partial charge < -0.3 is 10.2 Å². The lowest BCUT2D eigenvalue weighted by molar-refractivity contribution is -0.130. The van der Waals surface area contributed by atoms with E-state index in [1.807, 2.05) is 60.7 Å². The van der Waals surface area contributed by atoms with Crippen LogP contribution in [0.2, 0.25) is 0 Å². The third-order valence-corrected chi connectivity index (χ3v) is 7.08. The minimum atomic E-state index is -0.642. The molecule has 1 saturated carbocycles. The molecule has 0 spiro atoms. The summed E-state index contributed by atoms with van der Waals surface area (Å²) in [5.41, 5.74) is 1.80. The molecule has 2 saturated heterocycles. The van der Waals surface area contributed by atoms with Crippen LogP contribution in [0.5, 0.6) is 0 Å². The Balaban J connectivity index is 1.30. The topological polar surface area (TPSA) is 73.0 Å². The lowest BCUT2D eigenvalue weighted by Crippen LogP contribution is -2.49. The van der Waals surface area contributed by atoms with Crippen LogP contribution in [0.1, 0.15) is 42.9 Å². The molecule has 2 aliphatic heterocycles. The van der Waals surface area contributed by atoms with Gasteiger partial charge in [-0.05, 0) is 49.3 Å². The fraction of sp³-hybridized carbons (Fsp3) is 0.444. The summed E-state index contributed by atoms with van der Waals surface area (Å²) in [6, 6.07) is 18.3. The van der Waals surface area contributed by atoms with Gasteiger partial charge in [-0.1, -0.05) is 60.7 Å². The molecule has 5 rings (SSSR count). The highest BCUT2D eigenvalue weighted by atomic mass is 16.2. The van der Waals surface area contributed by atoms with Gasteiger partial charge in [-0.3, -0.25) is 14.5 Å². The Kier molecular flexibility index (Phi) is 6.63. The lowest BCUT2D eigenvalue weighted by atomic mass is 9.97. The first-order valence-electron chi connectivity index (χ1n) is 12.3. The van der Waals surface area contributed by atoms with Crippen molar-refractivity contribution < 1.29 is 14.4 Å². The van der Waals surface area contributed by atoms with Gasteiger partial charge in [0.2, 0.25) is 5.91 Å². The molecule has 2 aromatic carbocycles. The molecule has 2 heterocycles. The molecular formula is C27H32N4O3. The van der Waals surface area contributed by atoms with Gasteiger partial charge in [0.25, 0.3) is 5.91 Å². The second-order valence-electron chi connectivity index (χ2n) is 9.72. The zero-order chi connectivity index (χ0) is 23.5. The molecule has 2 atom stereocenters. The number of piperidine rings is 1. The molecule has 3 fully saturated rings. The number of imide groups is 1. The molecule has 7 heteroatoms. The number of hydrogen-bond donors (Lipinski definition) is 1. The molecule has 0 radical (unpaired) electrons. The van der Waals surface area contributed by atoms with E-state index in [2.05, 4.69) is 10.2 Å². The fourth-order valence-corrected chi connectivity index (χ4v) is 4.98. The molecule has 7 nitrogen and oxygen atoms in total. The lowest BCUT2D eigenvalue weighted by Gasteiger charge is -2.33. The van der Waals surface area contributed by atoms with Gasteiger partial charge >= 0.3 is 6.03 Å². The second-order valence-corrected chi connectivity index (χ2v) is 9.72. The highest BCUT2D eigenvalue weighted by Gasteiger charge is 2.46. The van der Waals surface area contributed by atoms with Crippen molar-refractivity contribution in [1.82, 2.24) is 20.0 Å². The number of likely N-dealkylation sites (tertiary alicyclic amines) is 1. The molecule has 2 unspecified atom stereocenters. The highest BCUT2D eigenvalue weighted by molar-refractivity contribution is 6.04. The predicted molar refractivity (Wildman–Crippen MR) is 128 cm³/mol. The number of rotatable bonds is 8. The van der Waals surface area contributed by atoms with E-state index in [9.17, 15) is 14.4 Å². The van der Waals surface area contributed by atoms with E-state index in [1.54, 1.807) is 4.90 Å². The molecule has 1 aliphatic carbocycles. The summed E-state index contributed by atoms with van der Waals surface area (Å²) in [5, 5.41) is 3.09. The fourth-order valence-electron chi connectivity index (χ4n) is 4.98. The molecule has 1 N–H and O–H groups in total. The average Bonchev–Trinajstić information content (AvgIpc) is 3.67. The van der Waals surface area contributed by atoms with Crippen molar-refractivity contribution in [3.63, 3.8) is 0 Å². The van der Waals surface area contributed by atoms with Crippen molar-refractivity contribution in [2.24, 2.45) is 11.8 Å². The zero-order valence-corrected chi connectivity index (χ0v) is 19.4. The molecular weight excluding hydrogens is 428 g/mol. The van der Waals surface area contributed by atoms with Crippen molar-refractivity contribution >= 4 is 17.8 Å². The Morgan fingerprint density at radius 1 is 0.941 bits per heavy atom. The van der Waals surface area contributed by atoms with Crippen molar-refractivity contribution in [1.29, 1.82) is 0 Å². The maximum absolute atomic E-state index is 13.5. The molecule has 4 amide bonds. The quantitative estimate of drug-likeness (QED) is 0.613. The highest BCUT2D eigenvalue weighted by Crippen LogP contribution is 2.33. The number of nitrogens with zero attached hydrogens (tertiary/aromatic N) is 3. The summed E-state index contributed by atoms with van der Waals surface area (Å²) in [6.45, 7) is 2.71. The van der Waals surface area contributed by atoms with Crippen LogP contribution in [-0.4, -0.2) is 58.8 Å². The number of amides is 4. The minimum Gasteiger partial charge on any atom is -0.356 e. The number of nitrogens with one attached hydrogen (secondary N) is 1. The smallest absolute Gasteiger partial charge is 0.329 e. The Hall–Kier alpha value is -3.19. The monoisotopic (exact) mass is 460 g/mol. The van der Waals surface area contributed by atoms with E-state index in [0.29, 0.717) is 19.0 Å². The summed E-state index contributed by atoms with van der Waals surface area (Å²) in [6.07, 6.45) is 4.14. The molecule has 2 aromatic rings. The van der Waals surface area contributed by atoms with Crippen molar-refractivity contribution in [3.05, 3.63) is 71.8 Å². The summed E-state index contributed by atoms with van der Waals surface area (Å²) < 4.78 is 0. The summed E-state index contributed by atoms with van der Waals surface area (Å²) in [5.74, 6) is 0.454. The first kappa shape index (κ1) is 22.6. The van der Waals surface area contributed by atoms with E-state index in [-0.39, 0.29) is 30.4 Å². The van der Waals surface area contributed by atoms with Gasteiger partial charge in [0.15, 0.2) is 0 Å². The average molecular weight is 461 g/mol. The van der Waals surface area contributed by atoms with Crippen LogP contribution in [0.15, 0.2) is 60.7 Å². The summed E-state index contributed by atoms with van der Waals surface area (Å²) >= 11 is 0. The number of carbonyl (C=O) groups excluding carboxylic acids is 3. The van der Waals surface area contributed by atoms with Gasteiger partial charge in [-0.15, -0.1) is 0 Å². The van der Waals surface area contributed by atoms with Crippen LogP contribution in [0.4, 0.5) is 4.79 Å². The van der Waals surface area contributed by atoms with E-state index >= 15 is 0 Å². The number of urea groups is 1. The molecule has 34 heavy (non-hydrogen) atoms. The second kappa shape index (κ2) is 9.97. The van der Waals surface area contributed by atoms with Gasteiger partial charge in [0.1, 0.15) is 6.04 Å². The minimum absolute atomic E-state index is 0.0920. The van der Waals surface area contributed by atoms with Crippen molar-refractivity contribution in [2.45, 2.75) is 38.3 Å². The maximum atomic E-state index is 13.5. The Morgan fingerprint density at radius 3 is 2.35 bits per heavy atom. The normalized spacial score (nSPS) is 23.4. The molecule has 178 valence electrons. The first-order chi connectivity index (χ1) is 16.6. The van der Waals surface area contributed by atoms with Gasteiger partial charge in [-0.25, -0.2) is 9.69 Å². The summed E-state index contributed by atoms with van der Waals surface area (Å²) in [4.78, 5) is 44.8. The van der Waals surface area contributed by atoms with Gasteiger partial charge in [0, 0.05) is 19.6 Å². The van der Waals surface area contributed by atoms with Crippen LogP contribution in [0.25, 0.3) is 0 Å². The zero-order valence-electron chi connectivity index (χ0n) is 19.4. The van der Waals surface area contributed by atoms with E-state index in [1.165, 1.54) is 17.7 Å².